The average molecular weight is 339 g/mol. The molecule has 1 N–H and O–H groups in total. The van der Waals surface area contributed by atoms with E-state index in [1.54, 1.807) is 29.3 Å². The number of hydrogen-bond acceptors (Lipinski definition) is 5. The van der Waals surface area contributed by atoms with Crippen LogP contribution in [0.4, 0.5) is 10.6 Å². The number of carbonyl (C=O) groups is 1. The lowest BCUT2D eigenvalue weighted by atomic mass is 10.2. The van der Waals surface area contributed by atoms with Crippen LogP contribution in [0.25, 0.3) is 0 Å². The molecule has 1 aromatic rings. The molecular weight excluding hydrogens is 318 g/mol. The van der Waals surface area contributed by atoms with Gasteiger partial charge in [0.25, 0.3) is 0 Å². The quantitative estimate of drug-likeness (QED) is 0.893. The van der Waals surface area contributed by atoms with Gasteiger partial charge in [-0.15, -0.1) is 0 Å². The van der Waals surface area contributed by atoms with Crippen molar-refractivity contribution in [2.75, 3.05) is 30.0 Å². The van der Waals surface area contributed by atoms with E-state index in [0.29, 0.717) is 25.4 Å². The van der Waals surface area contributed by atoms with E-state index in [4.69, 9.17) is 4.74 Å². The Kier molecular flexibility index (Phi) is 4.82. The van der Waals surface area contributed by atoms with Crippen LogP contribution in [0.2, 0.25) is 0 Å². The minimum absolute atomic E-state index is 0.0206. The number of carbonyl (C=O) groups excluding carboxylic acids is 1. The molecule has 23 heavy (non-hydrogen) atoms. The van der Waals surface area contributed by atoms with Gasteiger partial charge in [0.15, 0.2) is 9.84 Å². The fourth-order valence-corrected chi connectivity index (χ4v) is 4.78. The number of pyridine rings is 1. The molecule has 0 saturated carbocycles. The molecule has 0 spiro atoms. The van der Waals surface area contributed by atoms with Crippen LogP contribution in [-0.2, 0) is 14.6 Å². The van der Waals surface area contributed by atoms with E-state index >= 15 is 0 Å². The summed E-state index contributed by atoms with van der Waals surface area (Å²) in [5.41, 5.74) is 0. The number of rotatable bonds is 4. The Balaban J connectivity index is 1.72. The van der Waals surface area contributed by atoms with Gasteiger partial charge in [0, 0.05) is 25.4 Å². The number of urea groups is 1. The Morgan fingerprint density at radius 2 is 2.26 bits per heavy atom. The van der Waals surface area contributed by atoms with Crippen molar-refractivity contribution in [2.24, 2.45) is 0 Å². The Bertz CT molecular complexity index is 644. The highest BCUT2D eigenvalue weighted by Gasteiger charge is 2.36. The molecule has 0 aliphatic carbocycles. The molecule has 2 atom stereocenters. The van der Waals surface area contributed by atoms with Crippen LogP contribution >= 0.6 is 0 Å². The van der Waals surface area contributed by atoms with E-state index in [1.165, 1.54) is 0 Å². The third-order valence-corrected chi connectivity index (χ3v) is 5.98. The second-order valence-corrected chi connectivity index (χ2v) is 8.22. The lowest BCUT2D eigenvalue weighted by Gasteiger charge is -2.30. The largest absolute Gasteiger partial charge is 0.376 e. The molecule has 0 unspecified atom stereocenters. The minimum Gasteiger partial charge on any atom is -0.376 e. The molecule has 0 bridgehead atoms. The van der Waals surface area contributed by atoms with Gasteiger partial charge in [0.2, 0.25) is 0 Å². The van der Waals surface area contributed by atoms with Gasteiger partial charge >= 0.3 is 6.03 Å². The first-order chi connectivity index (χ1) is 11.0. The van der Waals surface area contributed by atoms with Crippen LogP contribution in [0.1, 0.15) is 19.3 Å². The first-order valence-corrected chi connectivity index (χ1v) is 9.66. The summed E-state index contributed by atoms with van der Waals surface area (Å²) in [6.07, 6.45) is 3.92. The normalized spacial score (nSPS) is 26.1. The Hall–Kier alpha value is -1.67. The molecule has 3 rings (SSSR count). The van der Waals surface area contributed by atoms with Gasteiger partial charge in [-0.3, -0.25) is 5.32 Å². The van der Waals surface area contributed by atoms with Crippen molar-refractivity contribution >= 4 is 21.7 Å². The number of sulfone groups is 1. The van der Waals surface area contributed by atoms with Crippen molar-refractivity contribution in [3.63, 3.8) is 0 Å². The third-order valence-electron chi connectivity index (χ3n) is 4.23. The summed E-state index contributed by atoms with van der Waals surface area (Å²) in [7, 11) is -3.06. The van der Waals surface area contributed by atoms with Gasteiger partial charge in [-0.2, -0.15) is 0 Å². The van der Waals surface area contributed by atoms with E-state index in [2.05, 4.69) is 10.3 Å². The molecule has 8 heteroatoms. The fraction of sp³-hybridized carbons (Fsp3) is 0.600. The van der Waals surface area contributed by atoms with Crippen molar-refractivity contribution in [1.82, 2.24) is 9.88 Å². The summed E-state index contributed by atoms with van der Waals surface area (Å²) in [6.45, 7) is 1.11. The monoisotopic (exact) mass is 339 g/mol. The van der Waals surface area contributed by atoms with Crippen LogP contribution in [0, 0.1) is 0 Å². The molecule has 2 fully saturated rings. The molecule has 2 aliphatic heterocycles. The number of hydrogen-bond donors (Lipinski definition) is 1. The highest BCUT2D eigenvalue weighted by atomic mass is 32.2. The summed E-state index contributed by atoms with van der Waals surface area (Å²) in [6, 6.07) is 4.64. The van der Waals surface area contributed by atoms with Crippen LogP contribution in [0.15, 0.2) is 24.4 Å². The molecule has 1 aromatic heterocycles. The maximum absolute atomic E-state index is 12.6. The minimum atomic E-state index is -3.06. The number of aromatic nitrogens is 1. The number of nitrogens with zero attached hydrogens (tertiary/aromatic N) is 2. The molecular formula is C15H21N3O4S. The molecule has 126 valence electrons. The van der Waals surface area contributed by atoms with Gasteiger partial charge in [0.1, 0.15) is 5.82 Å². The second kappa shape index (κ2) is 6.84. The summed E-state index contributed by atoms with van der Waals surface area (Å²) in [5.74, 6) is 0.613. The SMILES string of the molecule is O=C(Nc1ccccn1)N(C[C@@H]1CCCO1)[C@H]1CCS(=O)(=O)C1. The standard InChI is InChI=1S/C15H21N3O4S/c19-15(17-14-5-1-2-7-16-14)18(10-13-4-3-8-22-13)12-6-9-23(20,21)11-12/h1-2,5,7,12-13H,3-4,6,8-11H2,(H,16,17,19)/t12-,13-/m0/s1. The zero-order valence-corrected chi connectivity index (χ0v) is 13.7. The lowest BCUT2D eigenvalue weighted by Crippen LogP contribution is -2.47. The first kappa shape index (κ1) is 16.2. The van der Waals surface area contributed by atoms with Crippen molar-refractivity contribution in [1.29, 1.82) is 0 Å². The number of anilines is 1. The van der Waals surface area contributed by atoms with Gasteiger partial charge in [0.05, 0.1) is 17.6 Å². The lowest BCUT2D eigenvalue weighted by molar-refractivity contribution is 0.0750. The van der Waals surface area contributed by atoms with Crippen LogP contribution in [-0.4, -0.2) is 61.1 Å². The topological polar surface area (TPSA) is 88.6 Å². The van der Waals surface area contributed by atoms with E-state index in [1.807, 2.05) is 0 Å². The molecule has 0 aromatic carbocycles. The van der Waals surface area contributed by atoms with E-state index < -0.39 is 9.84 Å². The van der Waals surface area contributed by atoms with Gasteiger partial charge in [-0.25, -0.2) is 18.2 Å². The number of nitrogens with one attached hydrogen (secondary N) is 1. The average Bonchev–Trinajstić information content (AvgIpc) is 3.15. The summed E-state index contributed by atoms with van der Waals surface area (Å²) >= 11 is 0. The van der Waals surface area contributed by atoms with E-state index in [-0.39, 0.29) is 29.7 Å². The maximum Gasteiger partial charge on any atom is 0.323 e. The van der Waals surface area contributed by atoms with Crippen LogP contribution < -0.4 is 5.32 Å². The zero-order chi connectivity index (χ0) is 16.3. The highest BCUT2D eigenvalue weighted by Crippen LogP contribution is 2.22. The molecule has 3 heterocycles. The van der Waals surface area contributed by atoms with Crippen molar-refractivity contribution in [2.45, 2.75) is 31.4 Å². The van der Waals surface area contributed by atoms with Crippen molar-refractivity contribution in [3.05, 3.63) is 24.4 Å². The Labute approximate surface area is 135 Å². The first-order valence-electron chi connectivity index (χ1n) is 7.84. The highest BCUT2D eigenvalue weighted by molar-refractivity contribution is 7.91. The van der Waals surface area contributed by atoms with Crippen molar-refractivity contribution in [3.8, 4) is 0 Å². The number of amides is 2. The Morgan fingerprint density at radius 3 is 2.87 bits per heavy atom. The molecule has 2 amide bonds. The van der Waals surface area contributed by atoms with Crippen molar-refractivity contribution < 1.29 is 17.9 Å². The maximum atomic E-state index is 12.6. The Morgan fingerprint density at radius 1 is 1.39 bits per heavy atom. The molecule has 7 nitrogen and oxygen atoms in total. The van der Waals surface area contributed by atoms with Crippen LogP contribution in [0.3, 0.4) is 0 Å². The predicted molar refractivity (Wildman–Crippen MR) is 86.0 cm³/mol. The van der Waals surface area contributed by atoms with E-state index in [9.17, 15) is 13.2 Å². The summed E-state index contributed by atoms with van der Waals surface area (Å²) in [5, 5.41) is 2.75. The molecule has 0 radical (unpaired) electrons. The zero-order valence-electron chi connectivity index (χ0n) is 12.8. The van der Waals surface area contributed by atoms with Gasteiger partial charge < -0.3 is 9.64 Å². The number of ether oxygens (including phenoxy) is 1. The van der Waals surface area contributed by atoms with Crippen LogP contribution in [0.5, 0.6) is 0 Å². The smallest absolute Gasteiger partial charge is 0.323 e. The fourth-order valence-electron chi connectivity index (χ4n) is 3.04. The summed E-state index contributed by atoms with van der Waals surface area (Å²) < 4.78 is 29.1. The van der Waals surface area contributed by atoms with Gasteiger partial charge in [-0.1, -0.05) is 6.07 Å². The molecule has 2 saturated heterocycles. The summed E-state index contributed by atoms with van der Waals surface area (Å²) in [4.78, 5) is 18.3. The second-order valence-electron chi connectivity index (χ2n) is 5.99. The van der Waals surface area contributed by atoms with E-state index in [0.717, 1.165) is 12.8 Å². The third kappa shape index (κ3) is 4.20. The predicted octanol–water partition coefficient (Wildman–Crippen LogP) is 1.28. The molecule has 2 aliphatic rings. The van der Waals surface area contributed by atoms with Gasteiger partial charge in [-0.05, 0) is 31.4 Å².